The van der Waals surface area contributed by atoms with Crippen molar-refractivity contribution in [1.82, 2.24) is 0 Å². The van der Waals surface area contributed by atoms with Crippen LogP contribution < -0.4 is 0 Å². The zero-order valence-corrected chi connectivity index (χ0v) is 9.61. The molecule has 0 amide bonds. The molecule has 0 aliphatic heterocycles. The quantitative estimate of drug-likeness (QED) is 0.685. The third kappa shape index (κ3) is 5.32. The van der Waals surface area contributed by atoms with Crippen molar-refractivity contribution < 1.29 is 19.4 Å². The van der Waals surface area contributed by atoms with Gasteiger partial charge in [0.15, 0.2) is 5.78 Å². The first kappa shape index (κ1) is 13.8. The summed E-state index contributed by atoms with van der Waals surface area (Å²) < 4.78 is 5.35. The first-order chi connectivity index (χ1) is 6.88. The number of carboxylic acid groups (broad SMARTS) is 1. The number of carboxylic acids is 1. The zero-order valence-electron chi connectivity index (χ0n) is 9.61. The van der Waals surface area contributed by atoms with E-state index in [9.17, 15) is 9.59 Å². The fourth-order valence-electron chi connectivity index (χ4n) is 1.06. The first-order valence-electron chi connectivity index (χ1n) is 4.99. The van der Waals surface area contributed by atoms with Crippen molar-refractivity contribution in [3.8, 4) is 0 Å². The molecule has 0 rings (SSSR count). The van der Waals surface area contributed by atoms with Crippen molar-refractivity contribution in [3.63, 3.8) is 0 Å². The van der Waals surface area contributed by atoms with E-state index in [2.05, 4.69) is 0 Å². The van der Waals surface area contributed by atoms with E-state index in [0.717, 1.165) is 6.08 Å². The summed E-state index contributed by atoms with van der Waals surface area (Å²) in [6, 6.07) is 0. The van der Waals surface area contributed by atoms with Crippen LogP contribution in [0.15, 0.2) is 11.6 Å². The number of hydrogen-bond acceptors (Lipinski definition) is 3. The molecular weight excluding hydrogens is 196 g/mol. The molecule has 0 aromatic rings. The van der Waals surface area contributed by atoms with Crippen LogP contribution in [0.4, 0.5) is 0 Å². The molecular formula is C11H18O4. The second-order valence-corrected chi connectivity index (χ2v) is 3.62. The lowest BCUT2D eigenvalue weighted by atomic mass is 10.1. The summed E-state index contributed by atoms with van der Waals surface area (Å²) >= 11 is 0. The fourth-order valence-corrected chi connectivity index (χ4v) is 1.06. The van der Waals surface area contributed by atoms with Crippen LogP contribution >= 0.6 is 0 Å². The molecule has 1 N–H and O–H groups in total. The summed E-state index contributed by atoms with van der Waals surface area (Å²) in [5.41, 5.74) is 0.0332. The Morgan fingerprint density at radius 2 is 1.93 bits per heavy atom. The van der Waals surface area contributed by atoms with Crippen LogP contribution in [0.5, 0.6) is 0 Å². The lowest BCUT2D eigenvalue weighted by Crippen LogP contribution is -2.25. The van der Waals surface area contributed by atoms with Gasteiger partial charge in [-0.25, -0.2) is 4.79 Å². The second kappa shape index (κ2) is 6.35. The van der Waals surface area contributed by atoms with Gasteiger partial charge < -0.3 is 9.84 Å². The molecule has 0 spiro atoms. The first-order valence-corrected chi connectivity index (χ1v) is 4.99. The molecule has 4 nitrogen and oxygen atoms in total. The minimum absolute atomic E-state index is 0.0332. The molecule has 0 bridgehead atoms. The summed E-state index contributed by atoms with van der Waals surface area (Å²) in [6.07, 6.45) is 1.08. The van der Waals surface area contributed by atoms with Gasteiger partial charge in [-0.2, -0.15) is 0 Å². The van der Waals surface area contributed by atoms with Crippen LogP contribution in [0.3, 0.4) is 0 Å². The Kier molecular flexibility index (Phi) is 5.86. The third-order valence-corrected chi connectivity index (χ3v) is 1.82. The Balaban J connectivity index is 4.53. The Morgan fingerprint density at radius 1 is 1.40 bits per heavy atom. The summed E-state index contributed by atoms with van der Waals surface area (Å²) in [7, 11) is 0. The number of ether oxygens (including phenoxy) is 1. The van der Waals surface area contributed by atoms with Crippen LogP contribution in [-0.2, 0) is 14.3 Å². The molecule has 0 saturated heterocycles. The minimum atomic E-state index is -1.08. The zero-order chi connectivity index (χ0) is 12.0. The van der Waals surface area contributed by atoms with E-state index < -0.39 is 12.1 Å². The highest BCUT2D eigenvalue weighted by atomic mass is 16.5. The average molecular weight is 214 g/mol. The predicted molar refractivity (Wildman–Crippen MR) is 56.7 cm³/mol. The van der Waals surface area contributed by atoms with Crippen LogP contribution in [0, 0.1) is 0 Å². The number of hydrogen-bond donors (Lipinski definition) is 1. The second-order valence-electron chi connectivity index (χ2n) is 3.62. The maximum atomic E-state index is 11.6. The highest BCUT2D eigenvalue weighted by molar-refractivity contribution is 6.00. The Hall–Kier alpha value is -1.16. The van der Waals surface area contributed by atoms with E-state index in [-0.39, 0.29) is 17.5 Å². The number of carbonyl (C=O) groups is 2. The highest BCUT2D eigenvalue weighted by Gasteiger charge is 2.17. The Labute approximate surface area is 89.9 Å². The number of rotatable bonds is 6. The number of aliphatic carboxylic acids is 1. The Morgan fingerprint density at radius 3 is 2.27 bits per heavy atom. The van der Waals surface area contributed by atoms with E-state index in [1.165, 1.54) is 6.92 Å². The fraction of sp³-hybridized carbons (Fsp3) is 0.636. The molecule has 86 valence electrons. The van der Waals surface area contributed by atoms with Gasteiger partial charge in [0.05, 0.1) is 6.10 Å². The molecule has 1 unspecified atom stereocenters. The maximum absolute atomic E-state index is 11.6. The van der Waals surface area contributed by atoms with Crippen molar-refractivity contribution in [2.75, 3.05) is 0 Å². The molecule has 15 heavy (non-hydrogen) atoms. The monoisotopic (exact) mass is 214 g/mol. The van der Waals surface area contributed by atoms with Crippen LogP contribution in [0.25, 0.3) is 0 Å². The van der Waals surface area contributed by atoms with E-state index >= 15 is 0 Å². The summed E-state index contributed by atoms with van der Waals surface area (Å²) in [6.45, 7) is 6.89. The van der Waals surface area contributed by atoms with Gasteiger partial charge >= 0.3 is 5.97 Å². The molecule has 0 saturated carbocycles. The van der Waals surface area contributed by atoms with Gasteiger partial charge in [0.25, 0.3) is 0 Å². The Bertz CT molecular complexity index is 266. The molecule has 0 fully saturated rings. The highest BCUT2D eigenvalue weighted by Crippen LogP contribution is 2.06. The summed E-state index contributed by atoms with van der Waals surface area (Å²) in [5.74, 6) is -1.37. The van der Waals surface area contributed by atoms with Gasteiger partial charge in [-0.3, -0.25) is 4.79 Å². The van der Waals surface area contributed by atoms with Crippen LogP contribution in [0.2, 0.25) is 0 Å². The van der Waals surface area contributed by atoms with Gasteiger partial charge in [0, 0.05) is 5.57 Å². The molecule has 0 radical (unpaired) electrons. The van der Waals surface area contributed by atoms with Crippen molar-refractivity contribution in [1.29, 1.82) is 0 Å². The van der Waals surface area contributed by atoms with Crippen molar-refractivity contribution in [2.45, 2.75) is 46.3 Å². The summed E-state index contributed by atoms with van der Waals surface area (Å²) in [5, 5.41) is 8.61. The maximum Gasteiger partial charge on any atom is 0.331 e. The average Bonchev–Trinajstić information content (AvgIpc) is 2.13. The number of carbonyl (C=O) groups excluding carboxylic acids is 1. The molecule has 1 atom stereocenters. The van der Waals surface area contributed by atoms with Gasteiger partial charge in [0.2, 0.25) is 0 Å². The van der Waals surface area contributed by atoms with E-state index in [1.807, 2.05) is 20.8 Å². The van der Waals surface area contributed by atoms with E-state index in [4.69, 9.17) is 9.84 Å². The minimum Gasteiger partial charge on any atom is -0.478 e. The molecule has 4 heteroatoms. The molecule has 0 heterocycles. The lowest BCUT2D eigenvalue weighted by Gasteiger charge is -2.16. The van der Waals surface area contributed by atoms with E-state index in [0.29, 0.717) is 6.42 Å². The molecule has 0 aliphatic carbocycles. The van der Waals surface area contributed by atoms with Gasteiger partial charge in [-0.15, -0.1) is 0 Å². The van der Waals surface area contributed by atoms with Gasteiger partial charge in [-0.1, -0.05) is 6.92 Å². The van der Waals surface area contributed by atoms with Gasteiger partial charge in [0.1, 0.15) is 6.10 Å². The largest absolute Gasteiger partial charge is 0.478 e. The SMILES string of the molecule is CCC(OC(C)C)C(=O)C=C(C)C(=O)O. The van der Waals surface area contributed by atoms with Gasteiger partial charge in [-0.05, 0) is 33.3 Å². The van der Waals surface area contributed by atoms with Crippen molar-refractivity contribution in [2.24, 2.45) is 0 Å². The standard InChI is InChI=1S/C11H18O4/c1-5-10(15-7(2)3)9(12)6-8(4)11(13)14/h6-7,10H,5H2,1-4H3,(H,13,14). The predicted octanol–water partition coefficient (Wildman–Crippen LogP) is 1.79. The number of ketones is 1. The third-order valence-electron chi connectivity index (χ3n) is 1.82. The summed E-state index contributed by atoms with van der Waals surface area (Å²) in [4.78, 5) is 22.1. The molecule has 0 aromatic carbocycles. The van der Waals surface area contributed by atoms with Crippen molar-refractivity contribution in [3.05, 3.63) is 11.6 Å². The topological polar surface area (TPSA) is 63.6 Å². The van der Waals surface area contributed by atoms with Crippen molar-refractivity contribution >= 4 is 11.8 Å². The smallest absolute Gasteiger partial charge is 0.331 e. The molecule has 0 aromatic heterocycles. The molecule has 0 aliphatic rings. The van der Waals surface area contributed by atoms with E-state index in [1.54, 1.807) is 0 Å². The lowest BCUT2D eigenvalue weighted by molar-refractivity contribution is -0.133. The normalized spacial score (nSPS) is 14.1. The van der Waals surface area contributed by atoms with Crippen LogP contribution in [-0.4, -0.2) is 29.1 Å². The van der Waals surface area contributed by atoms with Crippen LogP contribution in [0.1, 0.15) is 34.1 Å².